The Kier molecular flexibility index (Phi) is 3.34. The molecule has 0 aliphatic carbocycles. The molecule has 1 fully saturated rings. The molecule has 0 saturated carbocycles. The van der Waals surface area contributed by atoms with Gasteiger partial charge in [0.15, 0.2) is 0 Å². The molecule has 1 N–H and O–H groups in total. The van der Waals surface area contributed by atoms with E-state index >= 15 is 0 Å². The maximum atomic E-state index is 13.3. The topological polar surface area (TPSA) is 29.5 Å². The van der Waals surface area contributed by atoms with E-state index in [9.17, 15) is 9.50 Å². The number of halogens is 1. The smallest absolute Gasteiger partial charge is 0.128 e. The van der Waals surface area contributed by atoms with Crippen molar-refractivity contribution in [2.24, 2.45) is 5.92 Å². The van der Waals surface area contributed by atoms with Gasteiger partial charge in [-0.05, 0) is 24.8 Å². The van der Waals surface area contributed by atoms with Gasteiger partial charge in [0.25, 0.3) is 0 Å². The molecule has 1 aliphatic heterocycles. The Morgan fingerprint density at radius 1 is 1.47 bits per heavy atom. The minimum atomic E-state index is -0.710. The van der Waals surface area contributed by atoms with Gasteiger partial charge in [-0.3, -0.25) is 0 Å². The largest absolute Gasteiger partial charge is 0.388 e. The number of rotatable bonds is 3. The molecule has 0 radical (unpaired) electrons. The summed E-state index contributed by atoms with van der Waals surface area (Å²) in [6.07, 6.45) is 0.838. The summed E-state index contributed by atoms with van der Waals surface area (Å²) >= 11 is 0. The number of hydrogen-bond acceptors (Lipinski definition) is 2. The van der Waals surface area contributed by atoms with Crippen LogP contribution in [0, 0.1) is 11.7 Å². The number of ether oxygens (including phenoxy) is 1. The molecule has 0 amide bonds. The molecule has 2 rings (SSSR count). The van der Waals surface area contributed by atoms with Gasteiger partial charge in [0, 0.05) is 18.8 Å². The van der Waals surface area contributed by atoms with Gasteiger partial charge in [-0.25, -0.2) is 4.39 Å². The molecule has 2 atom stereocenters. The first kappa shape index (κ1) is 10.6. The van der Waals surface area contributed by atoms with Crippen LogP contribution in [0.15, 0.2) is 24.3 Å². The lowest BCUT2D eigenvalue weighted by Gasteiger charge is -2.15. The van der Waals surface area contributed by atoms with Crippen LogP contribution in [0.1, 0.15) is 24.5 Å². The first-order chi connectivity index (χ1) is 7.27. The van der Waals surface area contributed by atoms with Gasteiger partial charge in [-0.1, -0.05) is 18.2 Å². The summed E-state index contributed by atoms with van der Waals surface area (Å²) in [5.41, 5.74) is 0.393. The summed E-state index contributed by atoms with van der Waals surface area (Å²) in [6.45, 7) is 1.44. The van der Waals surface area contributed by atoms with E-state index in [2.05, 4.69) is 0 Å². The maximum absolute atomic E-state index is 13.3. The van der Waals surface area contributed by atoms with Crippen molar-refractivity contribution < 1.29 is 14.2 Å². The van der Waals surface area contributed by atoms with E-state index in [1.54, 1.807) is 18.2 Å². The third kappa shape index (κ3) is 2.55. The lowest BCUT2D eigenvalue weighted by atomic mass is 9.96. The fourth-order valence-corrected chi connectivity index (χ4v) is 1.96. The van der Waals surface area contributed by atoms with Crippen molar-refractivity contribution in [1.82, 2.24) is 0 Å². The van der Waals surface area contributed by atoms with Crippen LogP contribution in [0.25, 0.3) is 0 Å². The molecule has 15 heavy (non-hydrogen) atoms. The third-order valence-corrected chi connectivity index (χ3v) is 2.84. The third-order valence-electron chi connectivity index (χ3n) is 2.84. The number of aliphatic hydroxyl groups is 1. The summed E-state index contributed by atoms with van der Waals surface area (Å²) < 4.78 is 18.5. The lowest BCUT2D eigenvalue weighted by Crippen LogP contribution is -2.08. The predicted octanol–water partition coefficient (Wildman–Crippen LogP) is 2.29. The van der Waals surface area contributed by atoms with Crippen LogP contribution >= 0.6 is 0 Å². The molecule has 82 valence electrons. The van der Waals surface area contributed by atoms with E-state index in [0.29, 0.717) is 24.5 Å². The molecule has 2 nitrogen and oxygen atoms in total. The maximum Gasteiger partial charge on any atom is 0.128 e. The first-order valence-corrected chi connectivity index (χ1v) is 5.27. The van der Waals surface area contributed by atoms with Crippen LogP contribution in [0.4, 0.5) is 4.39 Å². The van der Waals surface area contributed by atoms with Crippen LogP contribution in [-0.4, -0.2) is 18.3 Å². The zero-order valence-corrected chi connectivity index (χ0v) is 8.53. The quantitative estimate of drug-likeness (QED) is 0.829. The molecule has 1 saturated heterocycles. The van der Waals surface area contributed by atoms with Gasteiger partial charge in [0.05, 0.1) is 6.10 Å². The highest BCUT2D eigenvalue weighted by molar-refractivity contribution is 5.19. The van der Waals surface area contributed by atoms with Crippen LogP contribution < -0.4 is 0 Å². The normalized spacial score (nSPS) is 22.9. The van der Waals surface area contributed by atoms with Gasteiger partial charge >= 0.3 is 0 Å². The SMILES string of the molecule is OC(CC1CCOC1)c1ccccc1F. The monoisotopic (exact) mass is 210 g/mol. The van der Waals surface area contributed by atoms with Crippen LogP contribution in [-0.2, 0) is 4.74 Å². The second-order valence-electron chi connectivity index (χ2n) is 4.00. The van der Waals surface area contributed by atoms with E-state index in [-0.39, 0.29) is 5.82 Å². The Morgan fingerprint density at radius 3 is 2.93 bits per heavy atom. The Hall–Kier alpha value is -0.930. The molecular formula is C12H15FO2. The average molecular weight is 210 g/mol. The van der Waals surface area contributed by atoms with Gasteiger partial charge in [-0.2, -0.15) is 0 Å². The van der Waals surface area contributed by atoms with E-state index in [1.807, 2.05) is 0 Å². The van der Waals surface area contributed by atoms with Crippen molar-refractivity contribution in [2.45, 2.75) is 18.9 Å². The van der Waals surface area contributed by atoms with Gasteiger partial charge in [0.1, 0.15) is 5.82 Å². The molecule has 0 aromatic heterocycles. The number of benzene rings is 1. The molecule has 0 spiro atoms. The van der Waals surface area contributed by atoms with Gasteiger partial charge in [-0.15, -0.1) is 0 Å². The van der Waals surface area contributed by atoms with Crippen molar-refractivity contribution >= 4 is 0 Å². The average Bonchev–Trinajstić information content (AvgIpc) is 2.71. The van der Waals surface area contributed by atoms with Gasteiger partial charge < -0.3 is 9.84 Å². The molecule has 1 aromatic rings. The second-order valence-corrected chi connectivity index (χ2v) is 4.00. The summed E-state index contributed by atoms with van der Waals surface area (Å²) in [7, 11) is 0. The molecular weight excluding hydrogens is 195 g/mol. The summed E-state index contributed by atoms with van der Waals surface area (Å²) in [4.78, 5) is 0. The lowest BCUT2D eigenvalue weighted by molar-refractivity contribution is 0.126. The zero-order chi connectivity index (χ0) is 10.7. The highest BCUT2D eigenvalue weighted by Gasteiger charge is 2.21. The highest BCUT2D eigenvalue weighted by atomic mass is 19.1. The second kappa shape index (κ2) is 4.73. The Balaban J connectivity index is 2.00. The van der Waals surface area contributed by atoms with Crippen molar-refractivity contribution in [3.63, 3.8) is 0 Å². The molecule has 0 bridgehead atoms. The Labute approximate surface area is 88.7 Å². The predicted molar refractivity (Wildman–Crippen MR) is 54.9 cm³/mol. The zero-order valence-electron chi connectivity index (χ0n) is 8.53. The van der Waals surface area contributed by atoms with Crippen LogP contribution in [0.3, 0.4) is 0 Å². The summed E-state index contributed by atoms with van der Waals surface area (Å²) in [6, 6.07) is 6.39. The van der Waals surface area contributed by atoms with Crippen molar-refractivity contribution in [3.05, 3.63) is 35.6 Å². The summed E-state index contributed by atoms with van der Waals surface area (Å²) in [5.74, 6) is 0.0310. The fourth-order valence-electron chi connectivity index (χ4n) is 1.96. The van der Waals surface area contributed by atoms with Crippen LogP contribution in [0.5, 0.6) is 0 Å². The minimum absolute atomic E-state index is 0.330. The molecule has 3 heteroatoms. The number of aliphatic hydroxyl groups excluding tert-OH is 1. The van der Waals surface area contributed by atoms with E-state index < -0.39 is 6.10 Å². The first-order valence-electron chi connectivity index (χ1n) is 5.27. The molecule has 1 heterocycles. The van der Waals surface area contributed by atoms with Crippen LogP contribution in [0.2, 0.25) is 0 Å². The molecule has 1 aromatic carbocycles. The molecule has 1 aliphatic rings. The highest BCUT2D eigenvalue weighted by Crippen LogP contribution is 2.27. The fraction of sp³-hybridized carbons (Fsp3) is 0.500. The minimum Gasteiger partial charge on any atom is -0.388 e. The molecule has 2 unspecified atom stereocenters. The van der Waals surface area contributed by atoms with E-state index in [0.717, 1.165) is 13.0 Å². The van der Waals surface area contributed by atoms with E-state index in [4.69, 9.17) is 4.74 Å². The van der Waals surface area contributed by atoms with Gasteiger partial charge in [0.2, 0.25) is 0 Å². The van der Waals surface area contributed by atoms with Crippen molar-refractivity contribution in [3.8, 4) is 0 Å². The standard InChI is InChI=1S/C12H15FO2/c13-11-4-2-1-3-10(11)12(14)7-9-5-6-15-8-9/h1-4,9,12,14H,5-8H2. The Morgan fingerprint density at radius 2 is 2.27 bits per heavy atom. The van der Waals surface area contributed by atoms with Crippen molar-refractivity contribution in [1.29, 1.82) is 0 Å². The van der Waals surface area contributed by atoms with Crippen molar-refractivity contribution in [2.75, 3.05) is 13.2 Å². The number of hydrogen-bond donors (Lipinski definition) is 1. The van der Waals surface area contributed by atoms with E-state index in [1.165, 1.54) is 6.07 Å². The summed E-state index contributed by atoms with van der Waals surface area (Å²) in [5, 5.41) is 9.87. The Bertz CT molecular complexity index is 321.